The lowest BCUT2D eigenvalue weighted by Crippen LogP contribution is -2.46. The van der Waals surface area contributed by atoms with E-state index < -0.39 is 0 Å². The van der Waals surface area contributed by atoms with Gasteiger partial charge >= 0.3 is 0 Å². The van der Waals surface area contributed by atoms with E-state index in [1.807, 2.05) is 18.2 Å². The number of furan rings is 1. The van der Waals surface area contributed by atoms with Gasteiger partial charge in [-0.3, -0.25) is 4.90 Å². The van der Waals surface area contributed by atoms with Crippen LogP contribution in [0.15, 0.2) is 64.0 Å². The normalized spacial score (nSPS) is 16.0. The minimum atomic E-state index is 0. The van der Waals surface area contributed by atoms with Crippen LogP contribution in [-0.2, 0) is 13.1 Å². The fraction of sp³-hybridized carbons (Fsp3) is 0.348. The number of fused-ring (bicyclic) bond motifs is 1. The largest absolute Gasteiger partial charge is 0.459 e. The van der Waals surface area contributed by atoms with Gasteiger partial charge < -0.3 is 15.5 Å². The highest BCUT2D eigenvalue weighted by atomic mass is 127. The highest BCUT2D eigenvalue weighted by Crippen LogP contribution is 2.25. The van der Waals surface area contributed by atoms with Crippen molar-refractivity contribution in [3.63, 3.8) is 0 Å². The molecule has 4 rings (SSSR count). The first-order valence-electron chi connectivity index (χ1n) is 9.99. The Morgan fingerprint density at radius 1 is 1.10 bits per heavy atom. The number of nitrogens with two attached hydrogens (primary N) is 1. The molecule has 3 aromatic rings. The third-order valence-corrected chi connectivity index (χ3v) is 5.52. The molecule has 0 radical (unpaired) electrons. The molecule has 6 heteroatoms. The minimum absolute atomic E-state index is 0. The van der Waals surface area contributed by atoms with Crippen molar-refractivity contribution in [2.24, 2.45) is 10.7 Å². The number of para-hydroxylation sites is 1. The van der Waals surface area contributed by atoms with Crippen molar-refractivity contribution in [3.8, 4) is 0 Å². The first kappa shape index (κ1) is 21.6. The second-order valence-corrected chi connectivity index (χ2v) is 7.53. The summed E-state index contributed by atoms with van der Waals surface area (Å²) in [6, 6.07) is 19.1. The number of likely N-dealkylation sites (tertiary alicyclic amines) is 1. The molecule has 0 unspecified atom stereocenters. The Bertz CT molecular complexity index is 946. The van der Waals surface area contributed by atoms with Crippen LogP contribution in [0.25, 0.3) is 11.0 Å². The number of rotatable bonds is 5. The van der Waals surface area contributed by atoms with Crippen LogP contribution in [0.2, 0.25) is 0 Å². The van der Waals surface area contributed by atoms with Crippen molar-refractivity contribution in [3.05, 3.63) is 71.5 Å². The van der Waals surface area contributed by atoms with Gasteiger partial charge in [0.1, 0.15) is 17.9 Å². The molecule has 1 saturated heterocycles. The molecule has 29 heavy (non-hydrogen) atoms. The number of benzene rings is 2. The van der Waals surface area contributed by atoms with Gasteiger partial charge in [0.25, 0.3) is 0 Å². The maximum Gasteiger partial charge on any atom is 0.189 e. The lowest BCUT2D eigenvalue weighted by molar-refractivity contribution is 0.199. The van der Waals surface area contributed by atoms with Crippen LogP contribution in [0.3, 0.4) is 0 Å². The topological polar surface area (TPSA) is 66.8 Å². The van der Waals surface area contributed by atoms with Crippen LogP contribution in [0.1, 0.15) is 29.7 Å². The summed E-state index contributed by atoms with van der Waals surface area (Å²) in [7, 11) is 0. The van der Waals surface area contributed by atoms with Gasteiger partial charge in [-0.15, -0.1) is 24.0 Å². The van der Waals surface area contributed by atoms with E-state index in [1.54, 1.807) is 0 Å². The minimum Gasteiger partial charge on any atom is -0.459 e. The van der Waals surface area contributed by atoms with Crippen molar-refractivity contribution in [2.45, 2.75) is 38.9 Å². The fourth-order valence-electron chi connectivity index (χ4n) is 3.86. The van der Waals surface area contributed by atoms with Gasteiger partial charge in [-0.25, -0.2) is 4.99 Å². The van der Waals surface area contributed by atoms with Gasteiger partial charge in [0.05, 0.1) is 0 Å². The van der Waals surface area contributed by atoms with E-state index in [2.05, 4.69) is 58.5 Å². The van der Waals surface area contributed by atoms with E-state index in [9.17, 15) is 0 Å². The monoisotopic (exact) mass is 504 g/mol. The lowest BCUT2D eigenvalue weighted by atomic mass is 10.0. The SMILES string of the molecule is Cc1c(CN=C(N)NC2CCN(Cc3ccccc3)CC2)oc2ccccc12.I. The standard InChI is InChI=1S/C23H28N4O.HI/c1-17-20-9-5-6-10-21(20)28-22(17)15-25-23(24)26-19-11-13-27(14-12-19)16-18-7-3-2-4-8-18;/h2-10,19H,11-16H2,1H3,(H3,24,25,26);1H. The predicted molar refractivity (Wildman–Crippen MR) is 130 cm³/mol. The summed E-state index contributed by atoms with van der Waals surface area (Å²) < 4.78 is 5.91. The van der Waals surface area contributed by atoms with Gasteiger partial charge in [-0.1, -0.05) is 48.5 Å². The van der Waals surface area contributed by atoms with E-state index in [1.165, 1.54) is 5.56 Å². The molecule has 154 valence electrons. The zero-order valence-corrected chi connectivity index (χ0v) is 19.1. The number of aliphatic imine (C=N–C) groups is 1. The number of piperidine rings is 1. The second kappa shape index (κ2) is 10.1. The molecule has 2 aromatic carbocycles. The third-order valence-electron chi connectivity index (χ3n) is 5.52. The number of guanidine groups is 1. The van der Waals surface area contributed by atoms with E-state index in [4.69, 9.17) is 10.2 Å². The lowest BCUT2D eigenvalue weighted by Gasteiger charge is -2.32. The zero-order valence-electron chi connectivity index (χ0n) is 16.8. The molecule has 0 saturated carbocycles. The average Bonchev–Trinajstić information content (AvgIpc) is 3.05. The number of hydrogen-bond donors (Lipinski definition) is 2. The number of nitrogens with zero attached hydrogens (tertiary/aromatic N) is 2. The fourth-order valence-corrected chi connectivity index (χ4v) is 3.86. The van der Waals surface area contributed by atoms with Crippen molar-refractivity contribution in [1.82, 2.24) is 10.2 Å². The first-order valence-corrected chi connectivity index (χ1v) is 9.99. The van der Waals surface area contributed by atoms with E-state index in [-0.39, 0.29) is 24.0 Å². The summed E-state index contributed by atoms with van der Waals surface area (Å²) >= 11 is 0. The van der Waals surface area contributed by atoms with Crippen LogP contribution >= 0.6 is 24.0 Å². The molecule has 1 aromatic heterocycles. The second-order valence-electron chi connectivity index (χ2n) is 7.53. The van der Waals surface area contributed by atoms with Gasteiger partial charge in [0.15, 0.2) is 5.96 Å². The molecule has 2 heterocycles. The van der Waals surface area contributed by atoms with Gasteiger partial charge in [-0.2, -0.15) is 0 Å². The Hall–Kier alpha value is -2.06. The van der Waals surface area contributed by atoms with Gasteiger partial charge in [-0.05, 0) is 31.4 Å². The van der Waals surface area contributed by atoms with Crippen molar-refractivity contribution in [2.75, 3.05) is 13.1 Å². The maximum absolute atomic E-state index is 6.14. The Balaban J connectivity index is 0.00000240. The van der Waals surface area contributed by atoms with Gasteiger partial charge in [0, 0.05) is 36.6 Å². The molecule has 3 N–H and O–H groups in total. The van der Waals surface area contributed by atoms with Crippen LogP contribution in [0, 0.1) is 6.92 Å². The molecule has 0 spiro atoms. The molecule has 1 aliphatic heterocycles. The molecule has 0 atom stereocenters. The molecular weight excluding hydrogens is 475 g/mol. The van der Waals surface area contributed by atoms with Crippen LogP contribution < -0.4 is 11.1 Å². The average molecular weight is 504 g/mol. The maximum atomic E-state index is 6.14. The van der Waals surface area contributed by atoms with E-state index in [0.717, 1.165) is 54.8 Å². The van der Waals surface area contributed by atoms with Crippen LogP contribution in [-0.4, -0.2) is 30.0 Å². The molecule has 1 fully saturated rings. The van der Waals surface area contributed by atoms with Crippen molar-refractivity contribution >= 4 is 40.9 Å². The molecule has 1 aliphatic rings. The van der Waals surface area contributed by atoms with Crippen LogP contribution in [0.4, 0.5) is 0 Å². The summed E-state index contributed by atoms with van der Waals surface area (Å²) in [4.78, 5) is 7.01. The molecule has 0 bridgehead atoms. The van der Waals surface area contributed by atoms with E-state index >= 15 is 0 Å². The zero-order chi connectivity index (χ0) is 19.3. The summed E-state index contributed by atoms with van der Waals surface area (Å²) in [6.45, 7) is 5.70. The van der Waals surface area contributed by atoms with Gasteiger partial charge in [0.2, 0.25) is 0 Å². The molecule has 5 nitrogen and oxygen atoms in total. The first-order chi connectivity index (χ1) is 13.7. The highest BCUT2D eigenvalue weighted by Gasteiger charge is 2.19. The number of hydrogen-bond acceptors (Lipinski definition) is 3. The predicted octanol–water partition coefficient (Wildman–Crippen LogP) is 4.43. The third kappa shape index (κ3) is 5.51. The molecule has 0 aliphatic carbocycles. The Morgan fingerprint density at radius 2 is 1.79 bits per heavy atom. The number of nitrogens with one attached hydrogen (secondary N) is 1. The van der Waals surface area contributed by atoms with Crippen molar-refractivity contribution in [1.29, 1.82) is 0 Å². The summed E-state index contributed by atoms with van der Waals surface area (Å²) in [5, 5.41) is 4.53. The summed E-state index contributed by atoms with van der Waals surface area (Å²) in [5.41, 5.74) is 9.56. The van der Waals surface area contributed by atoms with Crippen molar-refractivity contribution < 1.29 is 4.42 Å². The Labute approximate surface area is 189 Å². The molecule has 0 amide bonds. The Kier molecular flexibility index (Phi) is 7.55. The quantitative estimate of drug-likeness (QED) is 0.307. The molecular formula is C23H29IN4O. The summed E-state index contributed by atoms with van der Waals surface area (Å²) in [6.07, 6.45) is 2.15. The van der Waals surface area contributed by atoms with E-state index in [0.29, 0.717) is 18.5 Å². The summed E-state index contributed by atoms with van der Waals surface area (Å²) in [5.74, 6) is 1.38. The smallest absolute Gasteiger partial charge is 0.189 e. The number of aryl methyl sites for hydroxylation is 1. The van der Waals surface area contributed by atoms with Crippen LogP contribution in [0.5, 0.6) is 0 Å². The Morgan fingerprint density at radius 3 is 2.52 bits per heavy atom. The number of halogens is 1. The highest BCUT2D eigenvalue weighted by molar-refractivity contribution is 14.0.